The molecule has 2 atom stereocenters. The van der Waals surface area contributed by atoms with Crippen molar-refractivity contribution in [3.63, 3.8) is 0 Å². The van der Waals surface area contributed by atoms with Crippen molar-refractivity contribution in [1.29, 1.82) is 0 Å². The number of piperazine rings is 1. The van der Waals surface area contributed by atoms with E-state index in [1.54, 1.807) is 6.20 Å². The largest absolute Gasteiger partial charge is 0.477 e. The van der Waals surface area contributed by atoms with Crippen LogP contribution in [0.2, 0.25) is 0 Å². The molecule has 0 radical (unpaired) electrons. The fourth-order valence-corrected chi connectivity index (χ4v) is 5.16. The smallest absolute Gasteiger partial charge is 0.213 e. The second kappa shape index (κ2) is 9.92. The van der Waals surface area contributed by atoms with Crippen molar-refractivity contribution in [3.8, 4) is 5.88 Å². The average Bonchev–Trinajstić information content (AvgIpc) is 3.36. The molecule has 3 aromatic heterocycles. The summed E-state index contributed by atoms with van der Waals surface area (Å²) in [5.41, 5.74) is 2.97. The molecule has 8 nitrogen and oxygen atoms in total. The van der Waals surface area contributed by atoms with Crippen molar-refractivity contribution in [1.82, 2.24) is 20.0 Å². The minimum atomic E-state index is 0.527. The third-order valence-electron chi connectivity index (χ3n) is 7.09. The van der Waals surface area contributed by atoms with E-state index >= 15 is 0 Å². The van der Waals surface area contributed by atoms with Crippen molar-refractivity contribution in [2.24, 2.45) is 5.92 Å². The lowest BCUT2D eigenvalue weighted by atomic mass is 9.91. The minimum absolute atomic E-state index is 0.527. The van der Waals surface area contributed by atoms with E-state index < -0.39 is 0 Å². The molecule has 0 unspecified atom stereocenters. The number of aromatic nitrogens is 3. The molecule has 1 aromatic carbocycles. The van der Waals surface area contributed by atoms with Gasteiger partial charge in [-0.1, -0.05) is 23.4 Å². The molecule has 0 saturated carbocycles. The van der Waals surface area contributed by atoms with Crippen LogP contribution in [0.3, 0.4) is 0 Å². The van der Waals surface area contributed by atoms with Crippen LogP contribution in [-0.4, -0.2) is 58.9 Å². The van der Waals surface area contributed by atoms with Crippen LogP contribution in [0.1, 0.15) is 18.4 Å². The summed E-state index contributed by atoms with van der Waals surface area (Å²) in [4.78, 5) is 13.6. The fourth-order valence-electron chi connectivity index (χ4n) is 5.16. The third-order valence-corrected chi connectivity index (χ3v) is 7.09. The monoisotopic (exact) mass is 470 g/mol. The standard InChI is InChI=1S/C27H30N6O2/c1-2-6-25-24(5-1)27(31-35-25)33-13-12-32-17-21(7-9-23(32)18-33)19-34-26-10-8-20(15-30-26)14-29-22-4-3-11-28-16-22/h1-6,8,10-11,15-16,21,23,29H,7,9,12-14,17-19H2/t21-,23+/m1/s1. The first-order chi connectivity index (χ1) is 17.3. The topological polar surface area (TPSA) is 79.6 Å². The van der Waals surface area contributed by atoms with Crippen LogP contribution in [0.5, 0.6) is 5.88 Å². The Kier molecular flexibility index (Phi) is 6.19. The zero-order chi connectivity index (χ0) is 23.5. The van der Waals surface area contributed by atoms with E-state index in [9.17, 15) is 0 Å². The van der Waals surface area contributed by atoms with Crippen molar-refractivity contribution >= 4 is 22.5 Å². The molecule has 180 valence electrons. The Hall–Kier alpha value is -3.65. The molecule has 0 amide bonds. The van der Waals surface area contributed by atoms with Crippen LogP contribution >= 0.6 is 0 Å². The van der Waals surface area contributed by atoms with Gasteiger partial charge in [-0.25, -0.2) is 4.98 Å². The number of fused-ring (bicyclic) bond motifs is 2. The predicted octanol–water partition coefficient (Wildman–Crippen LogP) is 4.21. The normalized spacial score (nSPS) is 20.5. The van der Waals surface area contributed by atoms with Gasteiger partial charge in [0.1, 0.15) is 0 Å². The maximum atomic E-state index is 6.07. The lowest BCUT2D eigenvalue weighted by molar-refractivity contribution is 0.0717. The van der Waals surface area contributed by atoms with Gasteiger partial charge in [-0.05, 0) is 42.7 Å². The van der Waals surface area contributed by atoms with Crippen molar-refractivity contribution in [2.45, 2.75) is 25.4 Å². The summed E-state index contributed by atoms with van der Waals surface area (Å²) in [7, 11) is 0. The maximum absolute atomic E-state index is 6.07. The minimum Gasteiger partial charge on any atom is -0.477 e. The van der Waals surface area contributed by atoms with Gasteiger partial charge in [0, 0.05) is 69.3 Å². The van der Waals surface area contributed by atoms with E-state index in [-0.39, 0.29) is 0 Å². The number of para-hydroxylation sites is 1. The van der Waals surface area contributed by atoms with Gasteiger partial charge in [-0.15, -0.1) is 0 Å². The molecule has 8 heteroatoms. The van der Waals surface area contributed by atoms with E-state index in [0.29, 0.717) is 31.0 Å². The highest BCUT2D eigenvalue weighted by atomic mass is 16.5. The number of benzene rings is 1. The molecule has 0 aliphatic carbocycles. The van der Waals surface area contributed by atoms with Crippen LogP contribution in [0.25, 0.3) is 11.0 Å². The van der Waals surface area contributed by atoms with Gasteiger partial charge < -0.3 is 19.5 Å². The Bertz CT molecular complexity index is 1250. The Morgan fingerprint density at radius 1 is 1.00 bits per heavy atom. The van der Waals surface area contributed by atoms with Crippen LogP contribution in [0.4, 0.5) is 11.5 Å². The molecule has 2 saturated heterocycles. The molecule has 6 rings (SSSR count). The van der Waals surface area contributed by atoms with Crippen LogP contribution < -0.4 is 15.0 Å². The van der Waals surface area contributed by atoms with Crippen LogP contribution in [-0.2, 0) is 6.54 Å². The first-order valence-electron chi connectivity index (χ1n) is 12.4. The van der Waals surface area contributed by atoms with Gasteiger partial charge in [0.2, 0.25) is 5.88 Å². The highest BCUT2D eigenvalue weighted by Crippen LogP contribution is 2.31. The maximum Gasteiger partial charge on any atom is 0.213 e. The van der Waals surface area contributed by atoms with E-state index in [4.69, 9.17) is 9.26 Å². The molecule has 1 N–H and O–H groups in total. The zero-order valence-electron chi connectivity index (χ0n) is 19.7. The SMILES string of the molecule is c1cncc(NCc2ccc(OC[C@@H]3CC[C@H]4CN(c5noc6ccccc56)CCN4C3)nc2)c1. The number of anilines is 2. The van der Waals surface area contributed by atoms with Gasteiger partial charge in [0.05, 0.1) is 17.7 Å². The highest BCUT2D eigenvalue weighted by Gasteiger charge is 2.34. The van der Waals surface area contributed by atoms with E-state index in [2.05, 4.69) is 42.4 Å². The lowest BCUT2D eigenvalue weighted by Gasteiger charge is -2.46. The van der Waals surface area contributed by atoms with Crippen LogP contribution in [0.15, 0.2) is 71.6 Å². The lowest BCUT2D eigenvalue weighted by Crippen LogP contribution is -2.57. The van der Waals surface area contributed by atoms with Crippen molar-refractivity contribution in [3.05, 3.63) is 72.7 Å². The molecule has 35 heavy (non-hydrogen) atoms. The second-order valence-electron chi connectivity index (χ2n) is 9.45. The molecular formula is C27H30N6O2. The second-order valence-corrected chi connectivity index (χ2v) is 9.45. The molecule has 5 heterocycles. The summed E-state index contributed by atoms with van der Waals surface area (Å²) in [5, 5.41) is 8.82. The summed E-state index contributed by atoms with van der Waals surface area (Å²) < 4.78 is 11.6. The van der Waals surface area contributed by atoms with Crippen molar-refractivity contribution < 1.29 is 9.26 Å². The van der Waals surface area contributed by atoms with Gasteiger partial charge in [-0.2, -0.15) is 0 Å². The Morgan fingerprint density at radius 3 is 2.86 bits per heavy atom. The molecule has 0 bridgehead atoms. The van der Waals surface area contributed by atoms with E-state index in [1.807, 2.05) is 48.8 Å². The zero-order valence-corrected chi connectivity index (χ0v) is 19.7. The predicted molar refractivity (Wildman–Crippen MR) is 136 cm³/mol. The summed E-state index contributed by atoms with van der Waals surface area (Å²) in [5.74, 6) is 2.20. The summed E-state index contributed by atoms with van der Waals surface area (Å²) in [6.45, 7) is 5.50. The Labute approximate surface area is 204 Å². The van der Waals surface area contributed by atoms with Gasteiger partial charge in [0.15, 0.2) is 11.4 Å². The number of piperidine rings is 1. The third kappa shape index (κ3) is 4.93. The van der Waals surface area contributed by atoms with Crippen molar-refractivity contribution in [2.75, 3.05) is 43.0 Å². The number of nitrogens with zero attached hydrogens (tertiary/aromatic N) is 5. The highest BCUT2D eigenvalue weighted by molar-refractivity contribution is 5.88. The van der Waals surface area contributed by atoms with Crippen LogP contribution in [0, 0.1) is 5.92 Å². The molecule has 2 aliphatic rings. The summed E-state index contributed by atoms with van der Waals surface area (Å²) in [6.07, 6.45) is 7.80. The molecule has 2 fully saturated rings. The Morgan fingerprint density at radius 2 is 1.97 bits per heavy atom. The van der Waals surface area contributed by atoms with Gasteiger partial charge >= 0.3 is 0 Å². The number of hydrogen-bond acceptors (Lipinski definition) is 8. The van der Waals surface area contributed by atoms with Gasteiger partial charge in [0.25, 0.3) is 0 Å². The average molecular weight is 471 g/mol. The summed E-state index contributed by atoms with van der Waals surface area (Å²) in [6, 6.07) is 16.6. The van der Waals surface area contributed by atoms with E-state index in [0.717, 1.165) is 54.2 Å². The molecule has 4 aromatic rings. The molecule has 2 aliphatic heterocycles. The Balaban J connectivity index is 0.981. The first kappa shape index (κ1) is 21.9. The molecule has 0 spiro atoms. The van der Waals surface area contributed by atoms with Gasteiger partial charge in [-0.3, -0.25) is 9.88 Å². The number of pyridine rings is 2. The van der Waals surface area contributed by atoms with E-state index in [1.165, 1.54) is 12.8 Å². The summed E-state index contributed by atoms with van der Waals surface area (Å²) >= 11 is 0. The fraction of sp³-hybridized carbons (Fsp3) is 0.370. The first-order valence-corrected chi connectivity index (χ1v) is 12.4. The number of ether oxygens (including phenoxy) is 1. The number of hydrogen-bond donors (Lipinski definition) is 1. The number of rotatable bonds is 7. The number of nitrogens with one attached hydrogen (secondary N) is 1. The molecular weight excluding hydrogens is 440 g/mol. The quantitative estimate of drug-likeness (QED) is 0.430.